The summed E-state index contributed by atoms with van der Waals surface area (Å²) in [5.41, 5.74) is 11.5. The van der Waals surface area contributed by atoms with Gasteiger partial charge < -0.3 is 5.73 Å². The third kappa shape index (κ3) is 2.36. The third-order valence-electron chi connectivity index (χ3n) is 3.69. The van der Waals surface area contributed by atoms with Crippen LogP contribution in [0.3, 0.4) is 0 Å². The zero-order valence-corrected chi connectivity index (χ0v) is 13.2. The van der Waals surface area contributed by atoms with Gasteiger partial charge in [0.1, 0.15) is 17.5 Å². The van der Waals surface area contributed by atoms with Gasteiger partial charge in [0.15, 0.2) is 0 Å². The average molecular weight is 305 g/mol. The Morgan fingerprint density at radius 1 is 1.09 bits per heavy atom. The summed E-state index contributed by atoms with van der Waals surface area (Å²) in [5.74, 6) is 0.283. The van der Waals surface area contributed by atoms with E-state index in [-0.39, 0.29) is 5.82 Å². The molecule has 0 atom stereocenters. The Morgan fingerprint density at radius 2 is 1.86 bits per heavy atom. The fourth-order valence-corrected chi connectivity index (χ4v) is 3.46. The second kappa shape index (κ2) is 5.63. The number of benzene rings is 1. The highest BCUT2D eigenvalue weighted by Crippen LogP contribution is 2.36. The first kappa shape index (κ1) is 14.3. The number of anilines is 1. The Morgan fingerprint density at radius 3 is 2.50 bits per heavy atom. The van der Waals surface area contributed by atoms with Gasteiger partial charge in [0.05, 0.1) is 5.69 Å². The summed E-state index contributed by atoms with van der Waals surface area (Å²) in [6, 6.07) is 14.2. The molecule has 0 fully saturated rings. The molecule has 108 valence electrons. The van der Waals surface area contributed by atoms with Crippen molar-refractivity contribution in [3.8, 4) is 27.8 Å². The van der Waals surface area contributed by atoms with Crippen molar-refractivity contribution in [1.29, 1.82) is 5.26 Å². The fourth-order valence-electron chi connectivity index (χ4n) is 2.51. The van der Waals surface area contributed by atoms with Crippen LogP contribution in [0, 0.1) is 25.2 Å². The van der Waals surface area contributed by atoms with Gasteiger partial charge >= 0.3 is 0 Å². The minimum absolute atomic E-state index is 0.283. The number of nitriles is 1. The van der Waals surface area contributed by atoms with Gasteiger partial charge in [-0.05, 0) is 42.5 Å². The Kier molecular flexibility index (Phi) is 3.66. The van der Waals surface area contributed by atoms with Crippen molar-refractivity contribution in [2.45, 2.75) is 13.8 Å². The lowest BCUT2D eigenvalue weighted by molar-refractivity contribution is 1.29. The molecule has 22 heavy (non-hydrogen) atoms. The number of aromatic nitrogens is 1. The van der Waals surface area contributed by atoms with Gasteiger partial charge in [-0.25, -0.2) is 4.98 Å². The summed E-state index contributed by atoms with van der Waals surface area (Å²) >= 11 is 1.61. The summed E-state index contributed by atoms with van der Waals surface area (Å²) in [5, 5.41) is 11.5. The van der Waals surface area contributed by atoms with Gasteiger partial charge in [-0.2, -0.15) is 5.26 Å². The highest BCUT2D eigenvalue weighted by molar-refractivity contribution is 7.13. The van der Waals surface area contributed by atoms with Crippen molar-refractivity contribution in [3.05, 3.63) is 58.5 Å². The molecule has 0 aliphatic heterocycles. The summed E-state index contributed by atoms with van der Waals surface area (Å²) in [6.07, 6.45) is 0. The van der Waals surface area contributed by atoms with Crippen molar-refractivity contribution in [1.82, 2.24) is 4.98 Å². The van der Waals surface area contributed by atoms with Crippen LogP contribution >= 0.6 is 11.3 Å². The molecule has 3 aromatic rings. The minimum atomic E-state index is 0.283. The minimum Gasteiger partial charge on any atom is -0.383 e. The van der Waals surface area contributed by atoms with Crippen molar-refractivity contribution in [3.63, 3.8) is 0 Å². The molecule has 0 aliphatic carbocycles. The maximum Gasteiger partial charge on any atom is 0.142 e. The Labute approximate surface area is 133 Å². The van der Waals surface area contributed by atoms with Gasteiger partial charge in [0, 0.05) is 16.0 Å². The zero-order chi connectivity index (χ0) is 15.7. The topological polar surface area (TPSA) is 62.7 Å². The van der Waals surface area contributed by atoms with E-state index in [0.29, 0.717) is 5.56 Å². The number of pyridine rings is 1. The summed E-state index contributed by atoms with van der Waals surface area (Å²) < 4.78 is 0. The predicted octanol–water partition coefficient (Wildman–Crippen LogP) is 4.55. The molecule has 0 bridgehead atoms. The quantitative estimate of drug-likeness (QED) is 0.755. The first-order chi connectivity index (χ1) is 10.6. The SMILES string of the molecule is Cc1ccccc1-c1cc(-c2sccc2C)c(C#N)c(N)n1. The molecule has 0 saturated carbocycles. The molecule has 2 N–H and O–H groups in total. The van der Waals surface area contributed by atoms with Crippen LogP contribution in [0.2, 0.25) is 0 Å². The Hall–Kier alpha value is -2.64. The Balaban J connectivity index is 2.29. The molecule has 2 heterocycles. The highest BCUT2D eigenvalue weighted by Gasteiger charge is 2.16. The van der Waals surface area contributed by atoms with Crippen LogP contribution in [-0.2, 0) is 0 Å². The molecule has 0 saturated heterocycles. The molecule has 0 radical (unpaired) electrons. The maximum absolute atomic E-state index is 9.44. The number of nitrogen functional groups attached to an aromatic ring is 1. The van der Waals surface area contributed by atoms with Crippen molar-refractivity contribution in [2.24, 2.45) is 0 Å². The van der Waals surface area contributed by atoms with E-state index < -0.39 is 0 Å². The number of aryl methyl sites for hydroxylation is 2. The predicted molar refractivity (Wildman–Crippen MR) is 91.6 cm³/mol. The maximum atomic E-state index is 9.44. The smallest absolute Gasteiger partial charge is 0.142 e. The van der Waals surface area contributed by atoms with E-state index >= 15 is 0 Å². The number of rotatable bonds is 2. The summed E-state index contributed by atoms with van der Waals surface area (Å²) in [4.78, 5) is 5.51. The summed E-state index contributed by atoms with van der Waals surface area (Å²) in [7, 11) is 0. The first-order valence-electron chi connectivity index (χ1n) is 6.93. The zero-order valence-electron chi connectivity index (χ0n) is 12.4. The van der Waals surface area contributed by atoms with Crippen LogP contribution in [-0.4, -0.2) is 4.98 Å². The molecule has 0 amide bonds. The van der Waals surface area contributed by atoms with E-state index in [2.05, 4.69) is 11.1 Å². The van der Waals surface area contributed by atoms with Gasteiger partial charge in [-0.3, -0.25) is 0 Å². The lowest BCUT2D eigenvalue weighted by Gasteiger charge is -2.11. The first-order valence-corrected chi connectivity index (χ1v) is 7.81. The van der Waals surface area contributed by atoms with Gasteiger partial charge in [0.25, 0.3) is 0 Å². The molecular formula is C18H15N3S. The lowest BCUT2D eigenvalue weighted by atomic mass is 9.99. The van der Waals surface area contributed by atoms with E-state index in [1.165, 1.54) is 0 Å². The fraction of sp³-hybridized carbons (Fsp3) is 0.111. The second-order valence-electron chi connectivity index (χ2n) is 5.17. The second-order valence-corrected chi connectivity index (χ2v) is 6.09. The van der Waals surface area contributed by atoms with Crippen molar-refractivity contribution >= 4 is 17.2 Å². The average Bonchev–Trinajstić information content (AvgIpc) is 2.93. The molecule has 0 aliphatic rings. The van der Waals surface area contributed by atoms with Crippen LogP contribution in [0.15, 0.2) is 41.8 Å². The number of thiophene rings is 1. The molecule has 3 rings (SSSR count). The van der Waals surface area contributed by atoms with Crippen LogP contribution in [0.5, 0.6) is 0 Å². The van der Waals surface area contributed by atoms with Crippen LogP contribution in [0.4, 0.5) is 5.82 Å². The van der Waals surface area contributed by atoms with Crippen molar-refractivity contribution in [2.75, 3.05) is 5.73 Å². The van der Waals surface area contributed by atoms with Crippen LogP contribution in [0.25, 0.3) is 21.7 Å². The van der Waals surface area contributed by atoms with Gasteiger partial charge in [0.2, 0.25) is 0 Å². The number of hydrogen-bond acceptors (Lipinski definition) is 4. The molecule has 2 aromatic heterocycles. The Bertz CT molecular complexity index is 888. The van der Waals surface area contributed by atoms with Crippen LogP contribution in [0.1, 0.15) is 16.7 Å². The van der Waals surface area contributed by atoms with Gasteiger partial charge in [-0.1, -0.05) is 24.3 Å². The van der Waals surface area contributed by atoms with E-state index in [0.717, 1.165) is 32.8 Å². The van der Waals surface area contributed by atoms with Crippen molar-refractivity contribution < 1.29 is 0 Å². The molecule has 0 unspecified atom stereocenters. The number of nitrogens with two attached hydrogens (primary N) is 1. The van der Waals surface area contributed by atoms with Gasteiger partial charge in [-0.15, -0.1) is 11.3 Å². The standard InChI is InChI=1S/C18H15N3S/c1-11-5-3-4-6-13(11)16-9-14(15(10-19)18(20)21-16)17-12(2)7-8-22-17/h3-9H,1-2H3,(H2,20,21). The van der Waals surface area contributed by atoms with E-state index in [1.807, 2.05) is 55.6 Å². The molecule has 4 heteroatoms. The van der Waals surface area contributed by atoms with Crippen LogP contribution < -0.4 is 5.73 Å². The molecule has 1 aromatic carbocycles. The van der Waals surface area contributed by atoms with E-state index in [1.54, 1.807) is 11.3 Å². The van der Waals surface area contributed by atoms with E-state index in [9.17, 15) is 5.26 Å². The third-order valence-corrected chi connectivity index (χ3v) is 4.74. The number of hydrogen-bond donors (Lipinski definition) is 1. The molecule has 0 spiro atoms. The van der Waals surface area contributed by atoms with E-state index in [4.69, 9.17) is 5.73 Å². The lowest BCUT2D eigenvalue weighted by Crippen LogP contribution is -2.00. The summed E-state index contributed by atoms with van der Waals surface area (Å²) in [6.45, 7) is 4.08. The normalized spacial score (nSPS) is 10.4. The molecule has 3 nitrogen and oxygen atoms in total. The largest absolute Gasteiger partial charge is 0.383 e. The monoisotopic (exact) mass is 305 g/mol. The molecular weight excluding hydrogens is 290 g/mol. The number of nitrogens with zero attached hydrogens (tertiary/aromatic N) is 2. The highest BCUT2D eigenvalue weighted by atomic mass is 32.1.